The molecule has 0 spiro atoms. The second-order valence-corrected chi connectivity index (χ2v) is 7.87. The lowest BCUT2D eigenvalue weighted by atomic mass is 10.2. The Morgan fingerprint density at radius 3 is 2.74 bits per heavy atom. The largest absolute Gasteiger partial charge is 0.383 e. The van der Waals surface area contributed by atoms with E-state index in [0.717, 1.165) is 19.3 Å². The molecule has 2 heterocycles. The summed E-state index contributed by atoms with van der Waals surface area (Å²) in [7, 11) is -3.38. The fourth-order valence-corrected chi connectivity index (χ4v) is 3.99. The molecule has 0 amide bonds. The third-order valence-corrected chi connectivity index (χ3v) is 5.61. The van der Waals surface area contributed by atoms with Gasteiger partial charge in [-0.15, -0.1) is 0 Å². The average Bonchev–Trinajstić information content (AvgIpc) is 2.63. The van der Waals surface area contributed by atoms with Gasteiger partial charge in [-0.1, -0.05) is 0 Å². The number of nitrogens with zero attached hydrogens (tertiary/aromatic N) is 2. The van der Waals surface area contributed by atoms with Gasteiger partial charge in [-0.25, -0.2) is 4.79 Å². The molecule has 1 fully saturated rings. The van der Waals surface area contributed by atoms with Crippen LogP contribution in [0.1, 0.15) is 33.1 Å². The summed E-state index contributed by atoms with van der Waals surface area (Å²) in [6.45, 7) is 4.77. The fraction of sp³-hybridized carbons (Fsp3) is 0.647. The zero-order valence-corrected chi connectivity index (χ0v) is 16.7. The van der Waals surface area contributed by atoms with E-state index in [9.17, 15) is 9.36 Å². The van der Waals surface area contributed by atoms with Gasteiger partial charge in [0.05, 0.1) is 25.9 Å². The third-order valence-electron chi connectivity index (χ3n) is 3.84. The first-order valence-corrected chi connectivity index (χ1v) is 10.7. The van der Waals surface area contributed by atoms with Crippen LogP contribution in [-0.2, 0) is 29.6 Å². The van der Waals surface area contributed by atoms with Gasteiger partial charge in [0.1, 0.15) is 5.82 Å². The maximum atomic E-state index is 12.7. The predicted octanol–water partition coefficient (Wildman–Crippen LogP) is 2.52. The Balaban J connectivity index is 2.18. The standard InChI is InChI=1S/C17H28N3O6P/c1-3-24-27(22,25-4-2)12-9-14(26-16-7-5-6-11-23-16)13-20-10-8-15(18)19-17(20)21/h8-10,12,14,16H,3-7,11,13H2,1-2H3,(H2,18,19,21)/t14-,16+/m0/s1. The molecular weight excluding hydrogens is 373 g/mol. The SMILES string of the molecule is CCOP(=O)(C=C[C@@H](Cn1ccc(N)nc1=O)O[C@@H]1CCCCO1)OCC. The Bertz CT molecular complexity index is 707. The van der Waals surface area contributed by atoms with Crippen LogP contribution in [0.4, 0.5) is 5.82 Å². The third kappa shape index (κ3) is 7.20. The lowest BCUT2D eigenvalue weighted by Gasteiger charge is -2.27. The lowest BCUT2D eigenvalue weighted by molar-refractivity contribution is -0.180. The number of rotatable bonds is 10. The molecular formula is C17H28N3O6P. The zero-order chi connectivity index (χ0) is 19.7. The average molecular weight is 401 g/mol. The van der Waals surface area contributed by atoms with Crippen molar-refractivity contribution >= 4 is 13.4 Å². The van der Waals surface area contributed by atoms with E-state index in [1.807, 2.05) is 0 Å². The molecule has 1 aromatic heterocycles. The number of ether oxygens (including phenoxy) is 2. The van der Waals surface area contributed by atoms with Crippen LogP contribution in [0, 0.1) is 0 Å². The van der Waals surface area contributed by atoms with Crippen molar-refractivity contribution in [2.24, 2.45) is 0 Å². The van der Waals surface area contributed by atoms with E-state index >= 15 is 0 Å². The lowest BCUT2D eigenvalue weighted by Crippen LogP contribution is -2.33. The molecule has 0 aromatic carbocycles. The summed E-state index contributed by atoms with van der Waals surface area (Å²) in [5, 5.41) is 0. The zero-order valence-electron chi connectivity index (χ0n) is 15.8. The van der Waals surface area contributed by atoms with Crippen molar-refractivity contribution in [2.75, 3.05) is 25.6 Å². The van der Waals surface area contributed by atoms with Gasteiger partial charge in [0.15, 0.2) is 6.29 Å². The van der Waals surface area contributed by atoms with Crippen LogP contribution in [0.15, 0.2) is 29.0 Å². The summed E-state index contributed by atoms with van der Waals surface area (Å²) in [5.41, 5.74) is 5.04. The summed E-state index contributed by atoms with van der Waals surface area (Å²) >= 11 is 0. The highest BCUT2D eigenvalue weighted by Crippen LogP contribution is 2.49. The number of nitrogen functional groups attached to an aromatic ring is 1. The van der Waals surface area contributed by atoms with Crippen LogP contribution in [0.5, 0.6) is 0 Å². The molecule has 2 atom stereocenters. The highest BCUT2D eigenvalue weighted by Gasteiger charge is 2.23. The Kier molecular flexibility index (Phi) is 8.66. The van der Waals surface area contributed by atoms with Gasteiger partial charge in [-0.05, 0) is 45.3 Å². The first-order chi connectivity index (χ1) is 13.0. The number of hydrogen-bond acceptors (Lipinski definition) is 8. The van der Waals surface area contributed by atoms with Gasteiger partial charge in [0.2, 0.25) is 0 Å². The van der Waals surface area contributed by atoms with Gasteiger partial charge in [-0.3, -0.25) is 9.13 Å². The molecule has 0 unspecified atom stereocenters. The monoisotopic (exact) mass is 401 g/mol. The normalized spacial score (nSPS) is 19.4. The van der Waals surface area contributed by atoms with Crippen molar-refractivity contribution < 1.29 is 23.1 Å². The molecule has 9 nitrogen and oxygen atoms in total. The highest BCUT2D eigenvalue weighted by molar-refractivity contribution is 7.57. The Morgan fingerprint density at radius 1 is 1.41 bits per heavy atom. The van der Waals surface area contributed by atoms with E-state index in [2.05, 4.69) is 4.98 Å². The number of aromatic nitrogens is 2. The van der Waals surface area contributed by atoms with Gasteiger partial charge in [0.25, 0.3) is 0 Å². The van der Waals surface area contributed by atoms with E-state index in [1.54, 1.807) is 26.1 Å². The summed E-state index contributed by atoms with van der Waals surface area (Å²) < 4.78 is 36.1. The van der Waals surface area contributed by atoms with Crippen LogP contribution in [0.3, 0.4) is 0 Å². The second kappa shape index (κ2) is 10.7. The highest BCUT2D eigenvalue weighted by atomic mass is 31.2. The van der Waals surface area contributed by atoms with Crippen LogP contribution in [0.25, 0.3) is 0 Å². The number of hydrogen-bond donors (Lipinski definition) is 1. The molecule has 10 heteroatoms. The van der Waals surface area contributed by atoms with Crippen molar-refractivity contribution in [1.29, 1.82) is 0 Å². The number of anilines is 1. The van der Waals surface area contributed by atoms with Crippen molar-refractivity contribution in [3.8, 4) is 0 Å². The van der Waals surface area contributed by atoms with E-state index in [1.165, 1.54) is 16.5 Å². The molecule has 2 rings (SSSR count). The molecule has 2 N–H and O–H groups in total. The van der Waals surface area contributed by atoms with Crippen molar-refractivity contribution in [3.05, 3.63) is 34.6 Å². The van der Waals surface area contributed by atoms with E-state index < -0.39 is 19.4 Å². The molecule has 1 aliphatic heterocycles. The van der Waals surface area contributed by atoms with Crippen molar-refractivity contribution in [3.63, 3.8) is 0 Å². The molecule has 1 aromatic rings. The maximum Gasteiger partial charge on any atom is 0.353 e. The smallest absolute Gasteiger partial charge is 0.353 e. The molecule has 1 aliphatic rings. The molecule has 0 saturated carbocycles. The molecule has 0 aliphatic carbocycles. The van der Waals surface area contributed by atoms with Gasteiger partial charge < -0.3 is 24.3 Å². The van der Waals surface area contributed by atoms with Crippen LogP contribution < -0.4 is 11.4 Å². The topological polar surface area (TPSA) is 115 Å². The van der Waals surface area contributed by atoms with Crippen molar-refractivity contribution in [1.82, 2.24) is 9.55 Å². The van der Waals surface area contributed by atoms with Crippen molar-refractivity contribution in [2.45, 2.75) is 52.0 Å². The Hall–Kier alpha value is -1.51. The quantitative estimate of drug-likeness (QED) is 0.595. The molecule has 27 heavy (non-hydrogen) atoms. The minimum Gasteiger partial charge on any atom is -0.383 e. The van der Waals surface area contributed by atoms with Crippen LogP contribution in [-0.4, -0.2) is 41.8 Å². The van der Waals surface area contributed by atoms with Gasteiger partial charge in [0, 0.05) is 18.6 Å². The summed E-state index contributed by atoms with van der Waals surface area (Å²) in [6, 6.07) is 1.53. The molecule has 0 radical (unpaired) electrons. The van der Waals surface area contributed by atoms with Crippen LogP contribution >= 0.6 is 7.60 Å². The number of nitrogens with two attached hydrogens (primary N) is 1. The Morgan fingerprint density at radius 2 is 2.15 bits per heavy atom. The van der Waals surface area contributed by atoms with Gasteiger partial charge >= 0.3 is 13.3 Å². The first-order valence-electron chi connectivity index (χ1n) is 9.14. The summed E-state index contributed by atoms with van der Waals surface area (Å²) in [5.74, 6) is 1.53. The first kappa shape index (κ1) is 21.8. The minimum absolute atomic E-state index is 0.150. The molecule has 0 bridgehead atoms. The molecule has 152 valence electrons. The fourth-order valence-electron chi connectivity index (χ4n) is 2.62. The Labute approximate surface area is 159 Å². The van der Waals surface area contributed by atoms with E-state index in [-0.39, 0.29) is 31.9 Å². The summed E-state index contributed by atoms with van der Waals surface area (Å²) in [6.07, 6.45) is 4.92. The van der Waals surface area contributed by atoms with E-state index in [4.69, 9.17) is 24.3 Å². The summed E-state index contributed by atoms with van der Waals surface area (Å²) in [4.78, 5) is 15.7. The molecule has 1 saturated heterocycles. The maximum absolute atomic E-state index is 12.7. The predicted molar refractivity (Wildman–Crippen MR) is 101 cm³/mol. The minimum atomic E-state index is -3.38. The second-order valence-electron chi connectivity index (χ2n) is 5.97. The van der Waals surface area contributed by atoms with Crippen LogP contribution in [0.2, 0.25) is 0 Å². The van der Waals surface area contributed by atoms with Gasteiger partial charge in [-0.2, -0.15) is 4.98 Å². The van der Waals surface area contributed by atoms with E-state index in [0.29, 0.717) is 6.61 Å².